The molecule has 0 amide bonds. The van der Waals surface area contributed by atoms with Gasteiger partial charge in [-0.25, -0.2) is 0 Å². The van der Waals surface area contributed by atoms with E-state index in [1.54, 1.807) is 0 Å². The van der Waals surface area contributed by atoms with Crippen LogP contribution in [-0.2, 0) is 47.7 Å². The van der Waals surface area contributed by atoms with Crippen LogP contribution in [0.4, 0.5) is 0 Å². The zero-order chi connectivity index (χ0) is 22.4. The molecule has 11 nitrogen and oxygen atoms in total. The zero-order valence-corrected chi connectivity index (χ0v) is 17.0. The summed E-state index contributed by atoms with van der Waals surface area (Å²) in [6.45, 7) is 4.67. The summed E-state index contributed by atoms with van der Waals surface area (Å²) in [5.41, 5.74) is -2.00. The van der Waals surface area contributed by atoms with Gasteiger partial charge in [-0.15, -0.1) is 0 Å². The summed E-state index contributed by atoms with van der Waals surface area (Å²) in [7, 11) is 0. The predicted octanol–water partition coefficient (Wildman–Crippen LogP) is -0.341. The van der Waals surface area contributed by atoms with Gasteiger partial charge < -0.3 is 28.8 Å². The van der Waals surface area contributed by atoms with Gasteiger partial charge in [0.15, 0.2) is 12.2 Å². The van der Waals surface area contributed by atoms with E-state index in [0.717, 1.165) is 27.7 Å². The minimum Gasteiger partial charge on any atom is -0.465 e. The molecule has 11 heteroatoms. The van der Waals surface area contributed by atoms with Crippen LogP contribution in [-0.4, -0.2) is 72.1 Å². The minimum absolute atomic E-state index is 0.249. The molecule has 0 spiro atoms. The van der Waals surface area contributed by atoms with Gasteiger partial charge in [-0.2, -0.15) is 0 Å². The molecule has 29 heavy (non-hydrogen) atoms. The van der Waals surface area contributed by atoms with Crippen molar-refractivity contribution in [2.75, 3.05) is 13.2 Å². The maximum absolute atomic E-state index is 11.7. The Bertz CT molecular complexity index is 658. The molecule has 5 atom stereocenters. The molecule has 0 aromatic carbocycles. The first-order chi connectivity index (χ1) is 13.4. The highest BCUT2D eigenvalue weighted by atomic mass is 16.6. The van der Waals surface area contributed by atoms with Crippen molar-refractivity contribution < 1.29 is 52.8 Å². The average Bonchev–Trinajstić information content (AvgIpc) is 2.56. The third-order valence-corrected chi connectivity index (χ3v) is 4.16. The van der Waals surface area contributed by atoms with Crippen LogP contribution in [0, 0.1) is 5.92 Å². The zero-order valence-electron chi connectivity index (χ0n) is 17.0. The number of esters is 5. The number of aliphatic hydroxyl groups is 1. The van der Waals surface area contributed by atoms with Gasteiger partial charge in [0, 0.05) is 40.5 Å². The lowest BCUT2D eigenvalue weighted by atomic mass is 9.72. The van der Waals surface area contributed by atoms with Crippen LogP contribution in [0.25, 0.3) is 0 Å². The maximum Gasteiger partial charge on any atom is 0.303 e. The molecule has 1 rings (SSSR count). The topological polar surface area (TPSA) is 152 Å². The van der Waals surface area contributed by atoms with E-state index in [-0.39, 0.29) is 13.0 Å². The molecule has 1 aliphatic rings. The Morgan fingerprint density at radius 3 is 1.69 bits per heavy atom. The molecule has 1 N–H and O–H groups in total. The third kappa shape index (κ3) is 7.33. The van der Waals surface area contributed by atoms with E-state index in [1.165, 1.54) is 6.92 Å². The Morgan fingerprint density at radius 1 is 0.759 bits per heavy atom. The third-order valence-electron chi connectivity index (χ3n) is 4.16. The standard InChI is InChI=1S/C18H26O11/c1-9(19)25-7-14-6-18(24,8-26-10(2)20)17(29-13(5)23)16(28-12(4)22)15(14)27-11(3)21/h14-17,24H,6-8H2,1-5H3/t14-,15-,16+,17+,18-/m1/s1. The number of ether oxygens (including phenoxy) is 5. The molecule has 0 heterocycles. The van der Waals surface area contributed by atoms with Crippen LogP contribution in [0.15, 0.2) is 0 Å². The molecule has 1 saturated carbocycles. The van der Waals surface area contributed by atoms with E-state index in [1.807, 2.05) is 0 Å². The van der Waals surface area contributed by atoms with Gasteiger partial charge in [0.2, 0.25) is 0 Å². The van der Waals surface area contributed by atoms with Crippen molar-refractivity contribution in [2.24, 2.45) is 5.92 Å². The molecule has 1 fully saturated rings. The van der Waals surface area contributed by atoms with Crippen molar-refractivity contribution in [2.45, 2.75) is 65.0 Å². The maximum atomic E-state index is 11.7. The summed E-state index contributed by atoms with van der Waals surface area (Å²) < 4.78 is 25.6. The fourth-order valence-electron chi connectivity index (χ4n) is 3.21. The summed E-state index contributed by atoms with van der Waals surface area (Å²) in [6, 6.07) is 0. The molecule has 0 saturated heterocycles. The highest BCUT2D eigenvalue weighted by molar-refractivity contribution is 5.69. The second-order valence-electron chi connectivity index (χ2n) is 6.83. The van der Waals surface area contributed by atoms with Crippen molar-refractivity contribution in [3.63, 3.8) is 0 Å². The van der Waals surface area contributed by atoms with Gasteiger partial charge in [-0.05, 0) is 6.42 Å². The largest absolute Gasteiger partial charge is 0.465 e. The van der Waals surface area contributed by atoms with Crippen molar-refractivity contribution in [3.8, 4) is 0 Å². The molecular weight excluding hydrogens is 392 g/mol. The van der Waals surface area contributed by atoms with Gasteiger partial charge in [0.1, 0.15) is 18.3 Å². The summed E-state index contributed by atoms with van der Waals surface area (Å²) >= 11 is 0. The molecule has 0 bridgehead atoms. The van der Waals surface area contributed by atoms with E-state index in [0.29, 0.717) is 0 Å². The average molecular weight is 418 g/mol. The van der Waals surface area contributed by atoms with Gasteiger partial charge in [-0.1, -0.05) is 0 Å². The summed E-state index contributed by atoms with van der Waals surface area (Å²) in [5.74, 6) is -4.52. The van der Waals surface area contributed by atoms with Crippen molar-refractivity contribution in [1.82, 2.24) is 0 Å². The van der Waals surface area contributed by atoms with Crippen LogP contribution in [0.2, 0.25) is 0 Å². The molecule has 0 aliphatic heterocycles. The van der Waals surface area contributed by atoms with E-state index in [2.05, 4.69) is 0 Å². The lowest BCUT2D eigenvalue weighted by molar-refractivity contribution is -0.247. The number of rotatable bonds is 7. The number of carbonyl (C=O) groups is 5. The minimum atomic E-state index is -2.00. The second-order valence-corrected chi connectivity index (χ2v) is 6.83. The lowest BCUT2D eigenvalue weighted by Crippen LogP contribution is -2.66. The first-order valence-corrected chi connectivity index (χ1v) is 8.86. The Hall–Kier alpha value is -2.69. The molecule has 1 aliphatic carbocycles. The van der Waals surface area contributed by atoms with Gasteiger partial charge in [0.05, 0.1) is 6.61 Å². The van der Waals surface area contributed by atoms with Crippen LogP contribution >= 0.6 is 0 Å². The SMILES string of the molecule is CC(=O)OC[C@H]1C[C@@](O)(COC(C)=O)[C@@H](OC(C)=O)[C@@H](OC(C)=O)[C@@H]1OC(C)=O. The number of hydrogen-bond acceptors (Lipinski definition) is 11. The summed E-state index contributed by atoms with van der Waals surface area (Å²) in [6.07, 6.45) is -4.39. The van der Waals surface area contributed by atoms with Crippen LogP contribution in [0.1, 0.15) is 41.0 Å². The van der Waals surface area contributed by atoms with Gasteiger partial charge >= 0.3 is 29.8 Å². The highest BCUT2D eigenvalue weighted by Crippen LogP contribution is 2.39. The molecule has 0 unspecified atom stereocenters. The number of carbonyl (C=O) groups excluding carboxylic acids is 5. The Balaban J connectivity index is 3.41. The molecule has 164 valence electrons. The van der Waals surface area contributed by atoms with E-state index < -0.39 is 66.3 Å². The molecule has 0 aromatic rings. The fourth-order valence-corrected chi connectivity index (χ4v) is 3.21. The van der Waals surface area contributed by atoms with Gasteiger partial charge in [0.25, 0.3) is 0 Å². The van der Waals surface area contributed by atoms with E-state index in [4.69, 9.17) is 23.7 Å². The Morgan fingerprint density at radius 2 is 1.24 bits per heavy atom. The van der Waals surface area contributed by atoms with E-state index in [9.17, 15) is 29.1 Å². The first kappa shape index (κ1) is 24.3. The first-order valence-electron chi connectivity index (χ1n) is 8.86. The lowest BCUT2D eigenvalue weighted by Gasteiger charge is -2.48. The Labute approximate surface area is 167 Å². The van der Waals surface area contributed by atoms with Crippen molar-refractivity contribution in [3.05, 3.63) is 0 Å². The fraction of sp³-hybridized carbons (Fsp3) is 0.722. The predicted molar refractivity (Wildman–Crippen MR) is 93.0 cm³/mol. The Kier molecular flexibility index (Phi) is 8.56. The summed E-state index contributed by atoms with van der Waals surface area (Å²) in [4.78, 5) is 57.4. The number of hydrogen-bond donors (Lipinski definition) is 1. The van der Waals surface area contributed by atoms with Crippen LogP contribution in [0.5, 0.6) is 0 Å². The molecular formula is C18H26O11. The summed E-state index contributed by atoms with van der Waals surface area (Å²) in [5, 5.41) is 11.2. The van der Waals surface area contributed by atoms with Crippen molar-refractivity contribution >= 4 is 29.8 Å². The van der Waals surface area contributed by atoms with Gasteiger partial charge in [-0.3, -0.25) is 24.0 Å². The second kappa shape index (κ2) is 10.2. The highest BCUT2D eigenvalue weighted by Gasteiger charge is 2.58. The monoisotopic (exact) mass is 418 g/mol. The van der Waals surface area contributed by atoms with Crippen molar-refractivity contribution in [1.29, 1.82) is 0 Å². The normalized spacial score (nSPS) is 28.6. The van der Waals surface area contributed by atoms with Crippen LogP contribution < -0.4 is 0 Å². The quantitative estimate of drug-likeness (QED) is 0.427. The smallest absolute Gasteiger partial charge is 0.303 e. The molecule has 0 radical (unpaired) electrons. The van der Waals surface area contributed by atoms with E-state index >= 15 is 0 Å². The van der Waals surface area contributed by atoms with Crippen LogP contribution in [0.3, 0.4) is 0 Å². The molecule has 0 aromatic heterocycles.